The summed E-state index contributed by atoms with van der Waals surface area (Å²) in [5.74, 6) is 0.900. The number of hydrogen-bond donors (Lipinski definition) is 2. The van der Waals surface area contributed by atoms with Crippen LogP contribution in [0, 0.1) is 11.3 Å². The molecule has 21 heavy (non-hydrogen) atoms. The number of nitrogen functional groups attached to an aromatic ring is 1. The number of rotatable bonds is 3. The van der Waals surface area contributed by atoms with Crippen LogP contribution in [0.4, 0.5) is 0 Å². The molecular weight excluding hydrogens is 278 g/mol. The lowest BCUT2D eigenvalue weighted by Crippen LogP contribution is -2.17. The molecule has 0 saturated heterocycles. The van der Waals surface area contributed by atoms with Crippen molar-refractivity contribution in [3.8, 4) is 0 Å². The summed E-state index contributed by atoms with van der Waals surface area (Å²) < 4.78 is 0. The number of amidine groups is 1. The van der Waals surface area contributed by atoms with Gasteiger partial charge in [0.1, 0.15) is 10.9 Å². The van der Waals surface area contributed by atoms with E-state index in [0.717, 1.165) is 27.4 Å². The van der Waals surface area contributed by atoms with E-state index in [1.54, 1.807) is 11.8 Å². The normalized spacial score (nSPS) is 22.3. The third-order valence-corrected chi connectivity index (χ3v) is 5.44. The van der Waals surface area contributed by atoms with Gasteiger partial charge in [-0.05, 0) is 30.9 Å². The zero-order valence-electron chi connectivity index (χ0n) is 12.3. The van der Waals surface area contributed by atoms with Gasteiger partial charge in [-0.3, -0.25) is 5.41 Å². The number of aromatic nitrogens is 1. The van der Waals surface area contributed by atoms with Crippen molar-refractivity contribution < 1.29 is 0 Å². The molecular formula is C17H21N3S. The van der Waals surface area contributed by atoms with Crippen LogP contribution in [-0.4, -0.2) is 16.1 Å². The summed E-state index contributed by atoms with van der Waals surface area (Å²) in [5, 5.41) is 10.4. The summed E-state index contributed by atoms with van der Waals surface area (Å²) in [6.45, 7) is 2.33. The number of nitrogens with zero attached hydrogens (tertiary/aromatic N) is 1. The standard InChI is InChI=1S/C17H21N3S/c1-11-5-4-7-13(9-11)21-17-14(16(18)19)10-12-6-2-3-8-15(12)20-17/h2-3,6,8,10-11,13H,4-5,7,9H2,1H3,(H3,18,19). The van der Waals surface area contributed by atoms with E-state index in [1.165, 1.54) is 25.7 Å². The molecule has 3 rings (SSSR count). The Morgan fingerprint density at radius 2 is 2.14 bits per heavy atom. The highest BCUT2D eigenvalue weighted by Crippen LogP contribution is 2.37. The first-order valence-corrected chi connectivity index (χ1v) is 8.42. The number of benzene rings is 1. The quantitative estimate of drug-likeness (QED) is 0.660. The molecule has 110 valence electrons. The number of nitrogens with two attached hydrogens (primary N) is 1. The van der Waals surface area contributed by atoms with Crippen molar-refractivity contribution in [2.24, 2.45) is 11.7 Å². The van der Waals surface area contributed by atoms with E-state index in [2.05, 4.69) is 6.92 Å². The van der Waals surface area contributed by atoms with Gasteiger partial charge < -0.3 is 5.73 Å². The van der Waals surface area contributed by atoms with Crippen molar-refractivity contribution in [2.45, 2.75) is 42.9 Å². The Balaban J connectivity index is 1.95. The van der Waals surface area contributed by atoms with Crippen LogP contribution in [-0.2, 0) is 0 Å². The summed E-state index contributed by atoms with van der Waals surface area (Å²) in [6, 6.07) is 10.0. The van der Waals surface area contributed by atoms with Gasteiger partial charge in [0.15, 0.2) is 0 Å². The van der Waals surface area contributed by atoms with Crippen LogP contribution in [0.15, 0.2) is 35.4 Å². The molecule has 1 aromatic heterocycles. The van der Waals surface area contributed by atoms with Crippen molar-refractivity contribution in [3.05, 3.63) is 35.9 Å². The van der Waals surface area contributed by atoms with Crippen molar-refractivity contribution in [1.29, 1.82) is 5.41 Å². The highest BCUT2D eigenvalue weighted by molar-refractivity contribution is 7.99. The van der Waals surface area contributed by atoms with E-state index in [4.69, 9.17) is 16.1 Å². The first kappa shape index (κ1) is 14.4. The SMILES string of the molecule is CC1CCCC(Sc2nc3ccccc3cc2C(=N)N)C1. The van der Waals surface area contributed by atoms with Gasteiger partial charge in [0.2, 0.25) is 0 Å². The van der Waals surface area contributed by atoms with Crippen LogP contribution >= 0.6 is 11.8 Å². The number of thioether (sulfide) groups is 1. The summed E-state index contributed by atoms with van der Waals surface area (Å²) in [6.07, 6.45) is 5.10. The highest BCUT2D eigenvalue weighted by Gasteiger charge is 2.22. The van der Waals surface area contributed by atoms with Gasteiger partial charge in [-0.1, -0.05) is 38.0 Å². The molecule has 0 bridgehead atoms. The summed E-state index contributed by atoms with van der Waals surface area (Å²) in [4.78, 5) is 4.76. The van der Waals surface area contributed by atoms with Crippen LogP contribution in [0.1, 0.15) is 38.2 Å². The topological polar surface area (TPSA) is 62.8 Å². The van der Waals surface area contributed by atoms with Crippen LogP contribution in [0.25, 0.3) is 10.9 Å². The fourth-order valence-corrected chi connectivity index (χ4v) is 4.50. The maximum absolute atomic E-state index is 7.83. The van der Waals surface area contributed by atoms with Crippen molar-refractivity contribution in [3.63, 3.8) is 0 Å². The molecule has 3 nitrogen and oxygen atoms in total. The zero-order chi connectivity index (χ0) is 14.8. The van der Waals surface area contributed by atoms with Crippen LogP contribution < -0.4 is 5.73 Å². The minimum Gasteiger partial charge on any atom is -0.384 e. The molecule has 4 heteroatoms. The Kier molecular flexibility index (Phi) is 4.15. The largest absolute Gasteiger partial charge is 0.384 e. The molecule has 0 aliphatic heterocycles. The Labute approximate surface area is 129 Å². The van der Waals surface area contributed by atoms with Gasteiger partial charge in [0.05, 0.1) is 5.52 Å². The number of nitrogens with one attached hydrogen (secondary N) is 1. The van der Waals surface area contributed by atoms with Crippen LogP contribution in [0.2, 0.25) is 0 Å². The molecule has 0 amide bonds. The van der Waals surface area contributed by atoms with E-state index < -0.39 is 0 Å². The van der Waals surface area contributed by atoms with Gasteiger partial charge in [0, 0.05) is 16.2 Å². The maximum atomic E-state index is 7.83. The van der Waals surface area contributed by atoms with Gasteiger partial charge in [-0.2, -0.15) is 0 Å². The maximum Gasteiger partial charge on any atom is 0.125 e. The van der Waals surface area contributed by atoms with Gasteiger partial charge in [0.25, 0.3) is 0 Å². The van der Waals surface area contributed by atoms with Gasteiger partial charge in [-0.15, -0.1) is 11.8 Å². The predicted octanol–water partition coefficient (Wildman–Crippen LogP) is 4.19. The van der Waals surface area contributed by atoms with E-state index in [0.29, 0.717) is 5.25 Å². The lowest BCUT2D eigenvalue weighted by atomic mass is 9.91. The number of hydrogen-bond acceptors (Lipinski definition) is 3. The molecule has 3 N–H and O–H groups in total. The first-order chi connectivity index (χ1) is 10.1. The molecule has 2 atom stereocenters. The third kappa shape index (κ3) is 3.21. The summed E-state index contributed by atoms with van der Waals surface area (Å²) in [7, 11) is 0. The average molecular weight is 299 g/mol. The van der Waals surface area contributed by atoms with Gasteiger partial charge >= 0.3 is 0 Å². The second-order valence-electron chi connectivity index (χ2n) is 5.96. The second kappa shape index (κ2) is 6.06. The molecule has 0 radical (unpaired) electrons. The zero-order valence-corrected chi connectivity index (χ0v) is 13.1. The molecule has 2 unspecified atom stereocenters. The lowest BCUT2D eigenvalue weighted by Gasteiger charge is -2.26. The molecule has 1 fully saturated rings. The number of fused-ring (bicyclic) bond motifs is 1. The minimum absolute atomic E-state index is 0.111. The molecule has 0 spiro atoms. The van der Waals surface area contributed by atoms with E-state index >= 15 is 0 Å². The fourth-order valence-electron chi connectivity index (χ4n) is 3.02. The first-order valence-electron chi connectivity index (χ1n) is 7.54. The van der Waals surface area contributed by atoms with E-state index in [1.807, 2.05) is 30.3 Å². The molecule has 2 aromatic rings. The molecule has 1 saturated carbocycles. The second-order valence-corrected chi connectivity index (χ2v) is 7.25. The van der Waals surface area contributed by atoms with E-state index in [9.17, 15) is 0 Å². The van der Waals surface area contributed by atoms with Crippen molar-refractivity contribution in [1.82, 2.24) is 4.98 Å². The monoisotopic (exact) mass is 299 g/mol. The summed E-state index contributed by atoms with van der Waals surface area (Å²) in [5.41, 5.74) is 7.52. The molecule has 1 aromatic carbocycles. The minimum atomic E-state index is 0.111. The van der Waals surface area contributed by atoms with E-state index in [-0.39, 0.29) is 5.84 Å². The Hall–Kier alpha value is -1.55. The molecule has 1 aliphatic carbocycles. The fraction of sp³-hybridized carbons (Fsp3) is 0.412. The Morgan fingerprint density at radius 1 is 1.33 bits per heavy atom. The average Bonchev–Trinajstić information content (AvgIpc) is 2.46. The number of para-hydroxylation sites is 1. The summed E-state index contributed by atoms with van der Waals surface area (Å²) >= 11 is 1.81. The van der Waals surface area contributed by atoms with Crippen molar-refractivity contribution in [2.75, 3.05) is 0 Å². The molecule has 1 heterocycles. The number of pyridine rings is 1. The van der Waals surface area contributed by atoms with Crippen LogP contribution in [0.3, 0.4) is 0 Å². The Morgan fingerprint density at radius 3 is 2.90 bits per heavy atom. The van der Waals surface area contributed by atoms with Gasteiger partial charge in [-0.25, -0.2) is 4.98 Å². The lowest BCUT2D eigenvalue weighted by molar-refractivity contribution is 0.394. The Bertz CT molecular complexity index is 668. The van der Waals surface area contributed by atoms with Crippen LogP contribution in [0.5, 0.6) is 0 Å². The predicted molar refractivity (Wildman–Crippen MR) is 90.0 cm³/mol. The molecule has 1 aliphatic rings. The van der Waals surface area contributed by atoms with Crippen molar-refractivity contribution >= 4 is 28.5 Å². The smallest absolute Gasteiger partial charge is 0.125 e. The highest BCUT2D eigenvalue weighted by atomic mass is 32.2. The third-order valence-electron chi connectivity index (χ3n) is 4.15.